The lowest BCUT2D eigenvalue weighted by Gasteiger charge is -2.09. The number of aromatic nitrogens is 4. The largest absolute Gasteiger partial charge is 0.309 e. The summed E-state index contributed by atoms with van der Waals surface area (Å²) >= 11 is 0. The fourth-order valence-corrected chi connectivity index (χ4v) is 4.15. The van der Waals surface area contributed by atoms with E-state index in [1.54, 1.807) is 11.7 Å². The molecule has 162 valence electrons. The zero-order valence-electron chi connectivity index (χ0n) is 19.0. The Balaban J connectivity index is 1.54. The topological polar surface area (TPSA) is 48.0 Å². The number of hydrogen-bond acceptors (Lipinski definition) is 3. The molecule has 0 amide bonds. The molecule has 0 N–H and O–H groups in total. The first-order chi connectivity index (χ1) is 16.2. The molecule has 2 heterocycles. The second-order valence-corrected chi connectivity index (χ2v) is 7.90. The van der Waals surface area contributed by atoms with Gasteiger partial charge in [-0.1, -0.05) is 53.8 Å². The highest BCUT2D eigenvalue weighted by atomic mass is 15.4. The molecule has 0 unspecified atom stereocenters. The molecular weight excluding hydrogens is 406 g/mol. The Kier molecular flexibility index (Phi) is 5.45. The number of aliphatic imine (C=N–C) groups is 1. The number of rotatable bonds is 5. The van der Waals surface area contributed by atoms with Gasteiger partial charge in [-0.05, 0) is 56.3 Å². The van der Waals surface area contributed by atoms with E-state index in [-0.39, 0.29) is 0 Å². The molecule has 0 spiro atoms. The first-order valence-corrected chi connectivity index (χ1v) is 11.0. The minimum absolute atomic E-state index is 0.808. The van der Waals surface area contributed by atoms with Gasteiger partial charge in [0, 0.05) is 34.8 Å². The van der Waals surface area contributed by atoms with Crippen molar-refractivity contribution in [2.75, 3.05) is 7.05 Å². The normalized spacial score (nSPS) is 12.9. The number of benzene rings is 3. The van der Waals surface area contributed by atoms with Crippen LogP contribution in [0.3, 0.4) is 0 Å². The smallest absolute Gasteiger partial charge is 0.113 e. The van der Waals surface area contributed by atoms with Gasteiger partial charge in [-0.2, -0.15) is 0 Å². The Morgan fingerprint density at radius 1 is 0.848 bits per heavy atom. The van der Waals surface area contributed by atoms with Crippen LogP contribution < -0.4 is 0 Å². The fraction of sp³-hybridized carbons (Fsp3) is 0.107. The van der Waals surface area contributed by atoms with Gasteiger partial charge < -0.3 is 4.57 Å². The Morgan fingerprint density at radius 2 is 1.45 bits per heavy atom. The van der Waals surface area contributed by atoms with Crippen molar-refractivity contribution < 1.29 is 0 Å². The number of allylic oxidation sites excluding steroid dienone is 4. The van der Waals surface area contributed by atoms with Gasteiger partial charge in [-0.25, -0.2) is 4.68 Å². The minimum Gasteiger partial charge on any atom is -0.309 e. The molecule has 0 fully saturated rings. The summed E-state index contributed by atoms with van der Waals surface area (Å²) in [5, 5.41) is 11.3. The molecule has 2 aromatic heterocycles. The Bertz CT molecular complexity index is 1470. The van der Waals surface area contributed by atoms with Gasteiger partial charge in [-0.3, -0.25) is 4.99 Å². The third-order valence-corrected chi connectivity index (χ3v) is 5.81. The maximum atomic E-state index is 4.39. The van der Waals surface area contributed by atoms with E-state index in [2.05, 4.69) is 92.7 Å². The van der Waals surface area contributed by atoms with Crippen LogP contribution in [0.15, 0.2) is 102 Å². The molecule has 0 atom stereocenters. The third kappa shape index (κ3) is 3.78. The summed E-state index contributed by atoms with van der Waals surface area (Å²) in [4.78, 5) is 4.23. The van der Waals surface area contributed by atoms with Gasteiger partial charge in [-0.15, -0.1) is 5.10 Å². The molecule has 0 radical (unpaired) electrons. The van der Waals surface area contributed by atoms with Crippen molar-refractivity contribution in [2.24, 2.45) is 4.99 Å². The SMILES string of the molecule is C/C=C\C(=C/C(C)=NC)c1cn(-c2ccc(-n3c4ccccc4c4ccccc43)cc2)nn1. The molecule has 0 aliphatic carbocycles. The summed E-state index contributed by atoms with van der Waals surface area (Å²) < 4.78 is 4.11. The van der Waals surface area contributed by atoms with Gasteiger partial charge in [0.15, 0.2) is 0 Å². The van der Waals surface area contributed by atoms with Crippen LogP contribution in [0, 0.1) is 0 Å². The van der Waals surface area contributed by atoms with Gasteiger partial charge in [0.1, 0.15) is 5.69 Å². The predicted molar refractivity (Wildman–Crippen MR) is 138 cm³/mol. The number of fused-ring (bicyclic) bond motifs is 3. The van der Waals surface area contributed by atoms with Crippen LogP contribution in [0.5, 0.6) is 0 Å². The lowest BCUT2D eigenvalue weighted by atomic mass is 10.1. The summed E-state index contributed by atoms with van der Waals surface area (Å²) in [6.45, 7) is 3.96. The quantitative estimate of drug-likeness (QED) is 0.238. The highest BCUT2D eigenvalue weighted by Crippen LogP contribution is 2.31. The van der Waals surface area contributed by atoms with Crippen LogP contribution in [-0.2, 0) is 0 Å². The number of para-hydroxylation sites is 2. The molecule has 0 bridgehead atoms. The van der Waals surface area contributed by atoms with Crippen molar-refractivity contribution in [1.29, 1.82) is 0 Å². The van der Waals surface area contributed by atoms with E-state index in [0.29, 0.717) is 0 Å². The van der Waals surface area contributed by atoms with Crippen molar-refractivity contribution in [3.8, 4) is 11.4 Å². The van der Waals surface area contributed by atoms with Crippen molar-refractivity contribution in [3.05, 3.63) is 103 Å². The van der Waals surface area contributed by atoms with Gasteiger partial charge in [0.2, 0.25) is 0 Å². The van der Waals surface area contributed by atoms with Gasteiger partial charge in [0.05, 0.1) is 22.9 Å². The Morgan fingerprint density at radius 3 is 2.06 bits per heavy atom. The summed E-state index contributed by atoms with van der Waals surface area (Å²) in [6.07, 6.45) is 7.98. The van der Waals surface area contributed by atoms with E-state index in [9.17, 15) is 0 Å². The van der Waals surface area contributed by atoms with Crippen molar-refractivity contribution in [1.82, 2.24) is 19.6 Å². The van der Waals surface area contributed by atoms with E-state index in [1.165, 1.54) is 21.8 Å². The summed E-state index contributed by atoms with van der Waals surface area (Å²) in [7, 11) is 1.79. The van der Waals surface area contributed by atoms with Crippen LogP contribution in [0.1, 0.15) is 19.5 Å². The molecule has 0 aliphatic rings. The van der Waals surface area contributed by atoms with E-state index >= 15 is 0 Å². The number of nitrogens with zero attached hydrogens (tertiary/aromatic N) is 5. The maximum Gasteiger partial charge on any atom is 0.113 e. The van der Waals surface area contributed by atoms with Crippen molar-refractivity contribution >= 4 is 33.1 Å². The zero-order chi connectivity index (χ0) is 22.8. The second-order valence-electron chi connectivity index (χ2n) is 7.90. The highest BCUT2D eigenvalue weighted by Gasteiger charge is 2.12. The molecule has 0 saturated carbocycles. The maximum absolute atomic E-state index is 4.39. The second kappa shape index (κ2) is 8.71. The van der Waals surface area contributed by atoms with Crippen molar-refractivity contribution in [3.63, 3.8) is 0 Å². The lowest BCUT2D eigenvalue weighted by molar-refractivity contribution is 0.802. The molecule has 5 rings (SSSR count). The fourth-order valence-electron chi connectivity index (χ4n) is 4.15. The Labute approximate surface area is 193 Å². The van der Waals surface area contributed by atoms with Gasteiger partial charge >= 0.3 is 0 Å². The average Bonchev–Trinajstić information content (AvgIpc) is 3.47. The summed E-state index contributed by atoms with van der Waals surface area (Å²) in [5.74, 6) is 0. The van der Waals surface area contributed by atoms with Crippen LogP contribution in [0.2, 0.25) is 0 Å². The average molecular weight is 432 g/mol. The van der Waals surface area contributed by atoms with Crippen LogP contribution in [-0.4, -0.2) is 32.3 Å². The predicted octanol–water partition coefficient (Wildman–Crippen LogP) is 6.41. The van der Waals surface area contributed by atoms with Crippen LogP contribution in [0.4, 0.5) is 0 Å². The minimum atomic E-state index is 0.808. The molecule has 0 aliphatic heterocycles. The van der Waals surface area contributed by atoms with Crippen molar-refractivity contribution in [2.45, 2.75) is 13.8 Å². The molecular formula is C28H25N5. The molecule has 5 nitrogen and oxygen atoms in total. The number of hydrogen-bond donors (Lipinski definition) is 0. The zero-order valence-corrected chi connectivity index (χ0v) is 19.0. The molecule has 33 heavy (non-hydrogen) atoms. The molecule has 5 heteroatoms. The lowest BCUT2D eigenvalue weighted by Crippen LogP contribution is -1.97. The summed E-state index contributed by atoms with van der Waals surface area (Å²) in [5.41, 5.74) is 7.19. The molecule has 0 saturated heterocycles. The first kappa shape index (κ1) is 20.6. The molecule has 3 aromatic carbocycles. The monoisotopic (exact) mass is 431 g/mol. The Hall–Kier alpha value is -4.25. The van der Waals surface area contributed by atoms with Crippen LogP contribution in [0.25, 0.3) is 38.8 Å². The molecule has 5 aromatic rings. The van der Waals surface area contributed by atoms with E-state index in [1.807, 2.05) is 38.3 Å². The highest BCUT2D eigenvalue weighted by molar-refractivity contribution is 6.09. The van der Waals surface area contributed by atoms with E-state index in [0.717, 1.165) is 28.4 Å². The van der Waals surface area contributed by atoms with Gasteiger partial charge in [0.25, 0.3) is 0 Å². The summed E-state index contributed by atoms with van der Waals surface area (Å²) in [6, 6.07) is 25.5. The van der Waals surface area contributed by atoms with E-state index < -0.39 is 0 Å². The van der Waals surface area contributed by atoms with E-state index in [4.69, 9.17) is 0 Å². The first-order valence-electron chi connectivity index (χ1n) is 11.0. The standard InChI is InChI=1S/C28H25N5/c1-4-9-21(18-20(2)29-3)26-19-32(31-30-26)22-14-16-23(17-15-22)33-27-12-7-5-10-24(27)25-11-6-8-13-28(25)33/h4-19H,1-3H3/b9-4-,21-18+,29-20?. The van der Waals surface area contributed by atoms with Crippen LogP contribution >= 0.6 is 0 Å². The third-order valence-electron chi connectivity index (χ3n) is 5.81.